The van der Waals surface area contributed by atoms with Crippen LogP contribution in [0.3, 0.4) is 0 Å². The molecule has 0 unspecified atom stereocenters. The Morgan fingerprint density at radius 1 is 1.70 bits per heavy atom. The molecule has 1 nitrogen and oxygen atoms in total. The summed E-state index contributed by atoms with van der Waals surface area (Å²) >= 11 is 1.57. The summed E-state index contributed by atoms with van der Waals surface area (Å²) < 4.78 is 0. The van der Waals surface area contributed by atoms with Gasteiger partial charge >= 0.3 is 0 Å². The van der Waals surface area contributed by atoms with E-state index < -0.39 is 0 Å². The molecule has 0 spiro atoms. The van der Waals surface area contributed by atoms with Crippen LogP contribution >= 0.6 is 11.8 Å². The molecule has 0 saturated heterocycles. The number of hydrogen-bond donors (Lipinski definition) is 0. The van der Waals surface area contributed by atoms with Gasteiger partial charge in [-0.1, -0.05) is 12.1 Å². The normalized spacial score (nSPS) is 8.80. The van der Waals surface area contributed by atoms with Gasteiger partial charge < -0.3 is 0 Å². The molecule has 49 valence electrons. The number of rotatable bonds is 1. The van der Waals surface area contributed by atoms with Crippen LogP contribution in [0.25, 0.3) is 0 Å². The first-order valence-electron chi connectivity index (χ1n) is 2.83. The first kappa shape index (κ1) is 7.17. The highest BCUT2D eigenvalue weighted by molar-refractivity contribution is 7.98. The van der Waals surface area contributed by atoms with Gasteiger partial charge in [0.05, 0.1) is 5.56 Å². The van der Waals surface area contributed by atoms with Crippen molar-refractivity contribution in [2.75, 3.05) is 6.26 Å². The van der Waals surface area contributed by atoms with Gasteiger partial charge in [0.2, 0.25) is 0 Å². The fourth-order valence-electron chi connectivity index (χ4n) is 0.679. The highest BCUT2D eigenvalue weighted by Crippen LogP contribution is 2.17. The van der Waals surface area contributed by atoms with E-state index in [4.69, 9.17) is 5.26 Å². The van der Waals surface area contributed by atoms with Gasteiger partial charge in [-0.05, 0) is 12.3 Å². The highest BCUT2D eigenvalue weighted by atomic mass is 32.2. The van der Waals surface area contributed by atoms with Crippen molar-refractivity contribution in [3.8, 4) is 6.07 Å². The second kappa shape index (κ2) is 3.28. The van der Waals surface area contributed by atoms with E-state index in [1.165, 1.54) is 0 Å². The predicted octanol–water partition coefficient (Wildman–Crippen LogP) is 2.08. The minimum absolute atomic E-state index is 0.634. The molecule has 1 aromatic rings. The maximum Gasteiger partial charge on any atom is 0.101 e. The van der Waals surface area contributed by atoms with E-state index in [9.17, 15) is 0 Å². The molecule has 0 heterocycles. The van der Waals surface area contributed by atoms with Crippen molar-refractivity contribution < 1.29 is 0 Å². The summed E-state index contributed by atoms with van der Waals surface area (Å²) in [5.41, 5.74) is 0.634. The number of hydrogen-bond acceptors (Lipinski definition) is 2. The molecule has 0 aromatic heterocycles. The van der Waals surface area contributed by atoms with Crippen molar-refractivity contribution in [3.05, 3.63) is 29.8 Å². The second-order valence-electron chi connectivity index (χ2n) is 1.73. The Morgan fingerprint density at radius 2 is 2.50 bits per heavy atom. The molecule has 0 atom stereocenters. The lowest BCUT2D eigenvalue weighted by Crippen LogP contribution is -1.77. The van der Waals surface area contributed by atoms with E-state index in [2.05, 4.69) is 12.1 Å². The molecule has 0 bridgehead atoms. The number of nitriles is 1. The molecule has 0 aliphatic rings. The van der Waals surface area contributed by atoms with Crippen LogP contribution in [-0.2, 0) is 0 Å². The van der Waals surface area contributed by atoms with E-state index in [0.29, 0.717) is 5.56 Å². The first-order chi connectivity index (χ1) is 4.88. The Morgan fingerprint density at radius 3 is 3.00 bits per heavy atom. The van der Waals surface area contributed by atoms with Gasteiger partial charge in [0.15, 0.2) is 0 Å². The lowest BCUT2D eigenvalue weighted by molar-refractivity contribution is 1.36. The van der Waals surface area contributed by atoms with Gasteiger partial charge in [-0.2, -0.15) is 5.26 Å². The van der Waals surface area contributed by atoms with Gasteiger partial charge in [-0.3, -0.25) is 0 Å². The minimum Gasteiger partial charge on any atom is -0.192 e. The van der Waals surface area contributed by atoms with E-state index in [1.54, 1.807) is 17.8 Å². The van der Waals surface area contributed by atoms with Crippen molar-refractivity contribution in [2.24, 2.45) is 0 Å². The molecule has 1 rings (SSSR count). The average Bonchev–Trinajstić information content (AvgIpc) is 2.04. The van der Waals surface area contributed by atoms with Crippen LogP contribution in [0.1, 0.15) is 5.56 Å². The van der Waals surface area contributed by atoms with E-state index in [-0.39, 0.29) is 0 Å². The van der Waals surface area contributed by atoms with Gasteiger partial charge in [0.25, 0.3) is 0 Å². The van der Waals surface area contributed by atoms with E-state index in [0.717, 1.165) is 4.90 Å². The standard InChI is InChI=1S/C8H6NS/c1-10-8-5-3-2-4-7(8)6-9/h2-3,5H,1H3. The molecule has 1 aromatic carbocycles. The van der Waals surface area contributed by atoms with Crippen LogP contribution in [0.15, 0.2) is 23.1 Å². The van der Waals surface area contributed by atoms with Crippen LogP contribution in [0.4, 0.5) is 0 Å². The third-order valence-corrected chi connectivity index (χ3v) is 1.93. The van der Waals surface area contributed by atoms with Gasteiger partial charge in [0.1, 0.15) is 6.07 Å². The molecule has 0 amide bonds. The second-order valence-corrected chi connectivity index (χ2v) is 2.57. The zero-order valence-corrected chi connectivity index (χ0v) is 6.40. The van der Waals surface area contributed by atoms with Crippen molar-refractivity contribution in [3.63, 3.8) is 0 Å². The zero-order valence-electron chi connectivity index (χ0n) is 5.59. The molecule has 10 heavy (non-hydrogen) atoms. The molecular formula is C8H6NS. The van der Waals surface area contributed by atoms with E-state index in [1.807, 2.05) is 18.4 Å². The predicted molar refractivity (Wildman–Crippen MR) is 41.8 cm³/mol. The molecule has 0 N–H and O–H groups in total. The largest absolute Gasteiger partial charge is 0.192 e. The molecule has 0 aliphatic carbocycles. The van der Waals surface area contributed by atoms with Crippen molar-refractivity contribution in [1.29, 1.82) is 5.26 Å². The Bertz CT molecular complexity index is 262. The molecule has 0 saturated carbocycles. The monoisotopic (exact) mass is 148 g/mol. The third kappa shape index (κ3) is 1.31. The number of benzene rings is 1. The molecule has 0 aliphatic heterocycles. The molecular weight excluding hydrogens is 142 g/mol. The SMILES string of the molecule is CSc1ccc[c]c1C#N. The Balaban J connectivity index is 3.12. The maximum atomic E-state index is 8.55. The summed E-state index contributed by atoms with van der Waals surface area (Å²) in [5, 5.41) is 8.55. The van der Waals surface area contributed by atoms with Crippen molar-refractivity contribution in [1.82, 2.24) is 0 Å². The van der Waals surface area contributed by atoms with Crippen LogP contribution in [0.5, 0.6) is 0 Å². The molecule has 2 heteroatoms. The molecule has 0 fully saturated rings. The number of thioether (sulfide) groups is 1. The Kier molecular flexibility index (Phi) is 2.35. The van der Waals surface area contributed by atoms with Crippen LogP contribution in [0.2, 0.25) is 0 Å². The van der Waals surface area contributed by atoms with Gasteiger partial charge in [0, 0.05) is 11.0 Å². The fourth-order valence-corrected chi connectivity index (χ4v) is 1.20. The molecule has 1 radical (unpaired) electrons. The zero-order chi connectivity index (χ0) is 7.40. The van der Waals surface area contributed by atoms with E-state index >= 15 is 0 Å². The summed E-state index contributed by atoms with van der Waals surface area (Å²) in [7, 11) is 0. The van der Waals surface area contributed by atoms with Gasteiger partial charge in [-0.25, -0.2) is 0 Å². The van der Waals surface area contributed by atoms with Crippen LogP contribution in [-0.4, -0.2) is 6.26 Å². The smallest absolute Gasteiger partial charge is 0.101 e. The third-order valence-electron chi connectivity index (χ3n) is 1.15. The maximum absolute atomic E-state index is 8.55. The van der Waals surface area contributed by atoms with Crippen LogP contribution in [0, 0.1) is 17.4 Å². The Hall–Kier alpha value is -0.940. The fraction of sp³-hybridized carbons (Fsp3) is 0.125. The summed E-state index contributed by atoms with van der Waals surface area (Å²) in [6.07, 6.45) is 1.95. The summed E-state index contributed by atoms with van der Waals surface area (Å²) in [4.78, 5) is 0.991. The Labute approximate surface area is 64.7 Å². The number of nitrogens with zero attached hydrogens (tertiary/aromatic N) is 1. The highest BCUT2D eigenvalue weighted by Gasteiger charge is 1.96. The minimum atomic E-state index is 0.634. The summed E-state index contributed by atoms with van der Waals surface area (Å²) in [6.45, 7) is 0. The lowest BCUT2D eigenvalue weighted by atomic mass is 10.2. The van der Waals surface area contributed by atoms with Crippen LogP contribution < -0.4 is 0 Å². The van der Waals surface area contributed by atoms with Gasteiger partial charge in [-0.15, -0.1) is 11.8 Å². The summed E-state index contributed by atoms with van der Waals surface area (Å²) in [5.74, 6) is 0. The topological polar surface area (TPSA) is 23.8 Å². The quantitative estimate of drug-likeness (QED) is 0.569. The van der Waals surface area contributed by atoms with Crippen molar-refractivity contribution in [2.45, 2.75) is 4.90 Å². The van der Waals surface area contributed by atoms with Crippen molar-refractivity contribution >= 4 is 11.8 Å². The summed E-state index contributed by atoms with van der Waals surface area (Å²) in [6, 6.07) is 10.5. The average molecular weight is 148 g/mol. The first-order valence-corrected chi connectivity index (χ1v) is 4.05. The lowest BCUT2D eigenvalue weighted by Gasteiger charge is -1.94.